The summed E-state index contributed by atoms with van der Waals surface area (Å²) in [7, 11) is 1.88. The molecule has 0 saturated heterocycles. The van der Waals surface area contributed by atoms with Gasteiger partial charge >= 0.3 is 5.97 Å². The first-order valence-electron chi connectivity index (χ1n) is 11.1. The number of nitrogens with one attached hydrogen (secondary N) is 1. The standard InChI is InChI=1S/C22H29N7O3S/c1-12(2)19-27-22(33-28-19)24-10-17-16(9-25-29(17)4)20-23-11-18(13(3)26-20)32-15-7-5-6-14(8-15)21(30)31/h9,11-12,14-15H,5-8,10H2,1-4H3,(H,30,31)(H,24,27,28)/t14-,15-/m0/s1. The average molecular weight is 472 g/mol. The molecule has 2 atom stereocenters. The van der Waals surface area contributed by atoms with Crippen LogP contribution in [-0.2, 0) is 18.4 Å². The van der Waals surface area contributed by atoms with Crippen molar-refractivity contribution in [3.63, 3.8) is 0 Å². The fourth-order valence-electron chi connectivity index (χ4n) is 3.92. The summed E-state index contributed by atoms with van der Waals surface area (Å²) in [6.07, 6.45) is 6.20. The Bertz CT molecular complexity index is 1130. The summed E-state index contributed by atoms with van der Waals surface area (Å²) < 4.78 is 12.3. The van der Waals surface area contributed by atoms with Gasteiger partial charge in [0, 0.05) is 24.5 Å². The molecular weight excluding hydrogens is 442 g/mol. The van der Waals surface area contributed by atoms with E-state index < -0.39 is 5.97 Å². The third-order valence-corrected chi connectivity index (χ3v) is 6.56. The van der Waals surface area contributed by atoms with E-state index in [-0.39, 0.29) is 17.9 Å². The van der Waals surface area contributed by atoms with Crippen molar-refractivity contribution in [1.82, 2.24) is 29.1 Å². The fraction of sp³-hybridized carbons (Fsp3) is 0.545. The van der Waals surface area contributed by atoms with E-state index in [0.717, 1.165) is 35.1 Å². The summed E-state index contributed by atoms with van der Waals surface area (Å²) >= 11 is 1.34. The molecule has 0 aromatic carbocycles. The Morgan fingerprint density at radius 2 is 2.15 bits per heavy atom. The molecule has 4 rings (SSSR count). The highest BCUT2D eigenvalue weighted by Gasteiger charge is 2.28. The first-order chi connectivity index (χ1) is 15.8. The van der Waals surface area contributed by atoms with Gasteiger partial charge in [0.25, 0.3) is 0 Å². The Morgan fingerprint density at radius 1 is 1.33 bits per heavy atom. The van der Waals surface area contributed by atoms with Gasteiger partial charge in [-0.3, -0.25) is 9.48 Å². The molecule has 1 aliphatic carbocycles. The zero-order valence-corrected chi connectivity index (χ0v) is 20.1. The van der Waals surface area contributed by atoms with E-state index in [4.69, 9.17) is 4.74 Å². The number of aliphatic carboxylic acids is 1. The van der Waals surface area contributed by atoms with Crippen LogP contribution in [0.2, 0.25) is 0 Å². The van der Waals surface area contributed by atoms with Crippen LogP contribution >= 0.6 is 11.5 Å². The lowest BCUT2D eigenvalue weighted by Gasteiger charge is -2.27. The monoisotopic (exact) mass is 471 g/mol. The third kappa shape index (κ3) is 5.29. The first kappa shape index (κ1) is 23.1. The van der Waals surface area contributed by atoms with Gasteiger partial charge < -0.3 is 15.2 Å². The second-order valence-corrected chi connectivity index (χ2v) is 9.43. The number of hydrogen-bond acceptors (Lipinski definition) is 9. The van der Waals surface area contributed by atoms with Gasteiger partial charge in [0.05, 0.1) is 47.9 Å². The molecule has 1 saturated carbocycles. The minimum absolute atomic E-state index is 0.131. The van der Waals surface area contributed by atoms with Gasteiger partial charge in [-0.15, -0.1) is 0 Å². The van der Waals surface area contributed by atoms with Crippen LogP contribution in [0.1, 0.15) is 62.7 Å². The molecule has 176 valence electrons. The molecule has 11 heteroatoms. The van der Waals surface area contributed by atoms with Gasteiger partial charge in [-0.05, 0) is 32.6 Å². The summed E-state index contributed by atoms with van der Waals surface area (Å²) in [5.74, 6) is 1.17. The van der Waals surface area contributed by atoms with E-state index in [2.05, 4.69) is 43.6 Å². The Morgan fingerprint density at radius 3 is 2.85 bits per heavy atom. The zero-order valence-electron chi connectivity index (χ0n) is 19.3. The number of anilines is 1. The van der Waals surface area contributed by atoms with Gasteiger partial charge in [0.2, 0.25) is 5.13 Å². The molecule has 0 bridgehead atoms. The molecule has 33 heavy (non-hydrogen) atoms. The summed E-state index contributed by atoms with van der Waals surface area (Å²) in [5.41, 5.74) is 2.48. The predicted octanol–water partition coefficient (Wildman–Crippen LogP) is 3.79. The number of aromatic nitrogens is 6. The Labute approximate surface area is 196 Å². The number of rotatable bonds is 8. The summed E-state index contributed by atoms with van der Waals surface area (Å²) in [5, 5.41) is 17.8. The molecule has 3 heterocycles. The summed E-state index contributed by atoms with van der Waals surface area (Å²) in [6.45, 7) is 6.52. The van der Waals surface area contributed by atoms with Crippen molar-refractivity contribution in [3.8, 4) is 17.1 Å². The van der Waals surface area contributed by atoms with E-state index in [1.807, 2.05) is 14.0 Å². The van der Waals surface area contributed by atoms with Crippen LogP contribution in [0.15, 0.2) is 12.4 Å². The van der Waals surface area contributed by atoms with Crippen LogP contribution in [0.5, 0.6) is 5.75 Å². The number of ether oxygens (including phenoxy) is 1. The van der Waals surface area contributed by atoms with Crippen molar-refractivity contribution in [1.29, 1.82) is 0 Å². The second kappa shape index (κ2) is 9.82. The lowest BCUT2D eigenvalue weighted by Crippen LogP contribution is -2.29. The van der Waals surface area contributed by atoms with Crippen molar-refractivity contribution in [2.45, 2.75) is 65.0 Å². The second-order valence-electron chi connectivity index (χ2n) is 8.68. The van der Waals surface area contributed by atoms with Crippen LogP contribution in [0.4, 0.5) is 5.13 Å². The Kier molecular flexibility index (Phi) is 6.87. The molecule has 0 unspecified atom stereocenters. The number of carboxylic acid groups (broad SMARTS) is 1. The molecule has 10 nitrogen and oxygen atoms in total. The summed E-state index contributed by atoms with van der Waals surface area (Å²) in [4.78, 5) is 25.0. The van der Waals surface area contributed by atoms with Crippen molar-refractivity contribution < 1.29 is 14.6 Å². The molecule has 0 aliphatic heterocycles. The predicted molar refractivity (Wildman–Crippen MR) is 124 cm³/mol. The van der Waals surface area contributed by atoms with Gasteiger partial charge in [0.1, 0.15) is 5.82 Å². The van der Waals surface area contributed by atoms with E-state index in [1.54, 1.807) is 17.1 Å². The van der Waals surface area contributed by atoms with Crippen LogP contribution < -0.4 is 10.1 Å². The highest BCUT2D eigenvalue weighted by molar-refractivity contribution is 7.09. The number of hydrogen-bond donors (Lipinski definition) is 2. The lowest BCUT2D eigenvalue weighted by atomic mass is 9.87. The van der Waals surface area contributed by atoms with E-state index >= 15 is 0 Å². The lowest BCUT2D eigenvalue weighted by molar-refractivity contribution is -0.143. The first-order valence-corrected chi connectivity index (χ1v) is 11.9. The number of carboxylic acids is 1. The quantitative estimate of drug-likeness (QED) is 0.504. The fourth-order valence-corrected chi connectivity index (χ4v) is 4.62. The van der Waals surface area contributed by atoms with E-state index in [1.165, 1.54) is 11.5 Å². The smallest absolute Gasteiger partial charge is 0.306 e. The van der Waals surface area contributed by atoms with Gasteiger partial charge in [-0.25, -0.2) is 15.0 Å². The number of aryl methyl sites for hydroxylation is 2. The third-order valence-electron chi connectivity index (χ3n) is 5.87. The summed E-state index contributed by atoms with van der Waals surface area (Å²) in [6, 6.07) is 0. The molecule has 0 amide bonds. The van der Waals surface area contributed by atoms with E-state index in [0.29, 0.717) is 36.7 Å². The maximum absolute atomic E-state index is 11.3. The maximum atomic E-state index is 11.3. The van der Waals surface area contributed by atoms with Crippen LogP contribution in [0, 0.1) is 12.8 Å². The van der Waals surface area contributed by atoms with Crippen LogP contribution in [0.25, 0.3) is 11.4 Å². The van der Waals surface area contributed by atoms with Gasteiger partial charge in [-0.2, -0.15) is 9.47 Å². The molecule has 1 fully saturated rings. The number of carbonyl (C=O) groups is 1. The SMILES string of the molecule is Cc1nc(-c2cnn(C)c2CNc2nc(C(C)C)ns2)ncc1O[C@H]1CCC[C@H](C(=O)O)C1. The number of nitrogens with zero attached hydrogens (tertiary/aromatic N) is 6. The highest BCUT2D eigenvalue weighted by atomic mass is 32.1. The average Bonchev–Trinajstić information content (AvgIpc) is 3.41. The van der Waals surface area contributed by atoms with Crippen molar-refractivity contribution in [3.05, 3.63) is 29.6 Å². The van der Waals surface area contributed by atoms with E-state index in [9.17, 15) is 9.90 Å². The van der Waals surface area contributed by atoms with Crippen molar-refractivity contribution in [2.24, 2.45) is 13.0 Å². The minimum atomic E-state index is -0.752. The highest BCUT2D eigenvalue weighted by Crippen LogP contribution is 2.30. The molecule has 0 radical (unpaired) electrons. The molecule has 1 aliphatic rings. The topological polar surface area (TPSA) is 128 Å². The zero-order chi connectivity index (χ0) is 23.5. The maximum Gasteiger partial charge on any atom is 0.306 e. The minimum Gasteiger partial charge on any atom is -0.487 e. The molecule has 3 aromatic rings. The molecule has 3 aromatic heterocycles. The largest absolute Gasteiger partial charge is 0.487 e. The van der Waals surface area contributed by atoms with Crippen molar-refractivity contribution in [2.75, 3.05) is 5.32 Å². The van der Waals surface area contributed by atoms with Crippen LogP contribution in [0.3, 0.4) is 0 Å². The normalized spacial score (nSPS) is 18.5. The Balaban J connectivity index is 1.47. The van der Waals surface area contributed by atoms with Gasteiger partial charge in [-0.1, -0.05) is 13.8 Å². The van der Waals surface area contributed by atoms with Crippen molar-refractivity contribution >= 4 is 22.6 Å². The molecule has 2 N–H and O–H groups in total. The Hall–Kier alpha value is -3.08. The van der Waals surface area contributed by atoms with Gasteiger partial charge in [0.15, 0.2) is 11.6 Å². The molecule has 0 spiro atoms. The van der Waals surface area contributed by atoms with Crippen LogP contribution in [-0.4, -0.2) is 46.3 Å². The molecular formula is C22H29N7O3S.